The third kappa shape index (κ3) is 3.31. The fourth-order valence-corrected chi connectivity index (χ4v) is 0.726. The van der Waals surface area contributed by atoms with E-state index in [4.69, 9.17) is 5.11 Å². The minimum absolute atomic E-state index is 0.0294. The number of carboxylic acids is 1. The highest BCUT2D eigenvalue weighted by molar-refractivity contribution is 5.84. The summed E-state index contributed by atoms with van der Waals surface area (Å²) >= 11 is 0. The lowest BCUT2D eigenvalue weighted by molar-refractivity contribution is -0.273. The molecule has 0 saturated heterocycles. The Morgan fingerprint density at radius 1 is 1.19 bits per heavy atom. The number of carbonyl (C=O) groups is 2. The van der Waals surface area contributed by atoms with Gasteiger partial charge in [-0.2, -0.15) is 22.0 Å². The van der Waals surface area contributed by atoms with Gasteiger partial charge in [-0.3, -0.25) is 9.59 Å². The van der Waals surface area contributed by atoms with Crippen molar-refractivity contribution in [3.05, 3.63) is 0 Å². The number of hydrogen-bond donors (Lipinski definition) is 1. The number of halogens is 5. The van der Waals surface area contributed by atoms with Gasteiger partial charge in [0.2, 0.25) is 0 Å². The number of alkyl halides is 5. The van der Waals surface area contributed by atoms with Gasteiger partial charge in [0.25, 0.3) is 0 Å². The summed E-state index contributed by atoms with van der Waals surface area (Å²) in [7, 11) is 0.672. The summed E-state index contributed by atoms with van der Waals surface area (Å²) in [5.74, 6) is -9.38. The number of rotatable bonds is 4. The fourth-order valence-electron chi connectivity index (χ4n) is 0.726. The Bertz CT molecular complexity index is 288. The summed E-state index contributed by atoms with van der Waals surface area (Å²) in [5.41, 5.74) is 0. The Morgan fingerprint density at radius 2 is 1.62 bits per heavy atom. The van der Waals surface area contributed by atoms with Gasteiger partial charge in [0.05, 0.1) is 6.42 Å². The number of amides is 1. The second kappa shape index (κ2) is 4.62. The minimum atomic E-state index is -5.98. The maximum absolute atomic E-state index is 12.4. The molecule has 0 saturated carbocycles. The van der Waals surface area contributed by atoms with Crippen molar-refractivity contribution >= 4 is 11.9 Å². The van der Waals surface area contributed by atoms with E-state index in [0.29, 0.717) is 7.05 Å². The smallest absolute Gasteiger partial charge is 0.463 e. The number of nitrogens with zero attached hydrogens (tertiary/aromatic N) is 1. The van der Waals surface area contributed by atoms with E-state index in [9.17, 15) is 31.5 Å². The maximum atomic E-state index is 12.4. The van der Waals surface area contributed by atoms with Crippen LogP contribution in [0.25, 0.3) is 0 Å². The highest BCUT2D eigenvalue weighted by Gasteiger charge is 2.64. The average Bonchev–Trinajstić information content (AvgIpc) is 2.10. The SMILES string of the molecule is CN(CCC(=O)O)C(=O)C(F)(F)C(F)(F)F. The summed E-state index contributed by atoms with van der Waals surface area (Å²) in [4.78, 5) is 20.7. The first-order chi connectivity index (χ1) is 7.00. The van der Waals surface area contributed by atoms with Crippen LogP contribution in [-0.2, 0) is 9.59 Å². The molecule has 0 radical (unpaired) electrons. The average molecular weight is 249 g/mol. The zero-order chi connectivity index (χ0) is 13.1. The molecular formula is C7H8F5NO3. The van der Waals surface area contributed by atoms with Crippen LogP contribution < -0.4 is 0 Å². The molecule has 0 aromatic carbocycles. The summed E-state index contributed by atoms with van der Waals surface area (Å²) in [6.45, 7) is -0.722. The Balaban J connectivity index is 4.61. The second-order valence-corrected chi connectivity index (χ2v) is 2.94. The van der Waals surface area contributed by atoms with Gasteiger partial charge in [-0.1, -0.05) is 0 Å². The van der Waals surface area contributed by atoms with E-state index in [1.807, 2.05) is 0 Å². The lowest BCUT2D eigenvalue weighted by Gasteiger charge is -2.24. The molecule has 94 valence electrons. The molecule has 1 amide bonds. The van der Waals surface area contributed by atoms with Gasteiger partial charge < -0.3 is 10.0 Å². The zero-order valence-corrected chi connectivity index (χ0v) is 8.01. The molecule has 4 nitrogen and oxygen atoms in total. The monoisotopic (exact) mass is 249 g/mol. The molecule has 0 aromatic rings. The molecule has 0 rings (SSSR count). The topological polar surface area (TPSA) is 57.6 Å². The van der Waals surface area contributed by atoms with Crippen molar-refractivity contribution in [1.82, 2.24) is 4.90 Å². The fraction of sp³-hybridized carbons (Fsp3) is 0.714. The van der Waals surface area contributed by atoms with E-state index < -0.39 is 36.9 Å². The van der Waals surface area contributed by atoms with Gasteiger partial charge in [-0.15, -0.1) is 0 Å². The van der Waals surface area contributed by atoms with E-state index >= 15 is 0 Å². The van der Waals surface area contributed by atoms with Crippen molar-refractivity contribution in [3.63, 3.8) is 0 Å². The lowest BCUT2D eigenvalue weighted by Crippen LogP contribution is -2.51. The van der Waals surface area contributed by atoms with E-state index in [0.717, 1.165) is 0 Å². The van der Waals surface area contributed by atoms with Gasteiger partial charge in [0.1, 0.15) is 0 Å². The van der Waals surface area contributed by atoms with Gasteiger partial charge in [0, 0.05) is 13.6 Å². The Morgan fingerprint density at radius 3 is 1.94 bits per heavy atom. The molecule has 0 spiro atoms. The number of aliphatic carboxylic acids is 1. The van der Waals surface area contributed by atoms with Crippen LogP contribution in [0.2, 0.25) is 0 Å². The molecule has 0 fully saturated rings. The van der Waals surface area contributed by atoms with E-state index in [-0.39, 0.29) is 4.90 Å². The predicted octanol–water partition coefficient (Wildman–Crippen LogP) is 1.12. The van der Waals surface area contributed by atoms with Crippen LogP contribution in [0.5, 0.6) is 0 Å². The first-order valence-electron chi connectivity index (χ1n) is 3.92. The molecule has 0 atom stereocenters. The first kappa shape index (κ1) is 14.6. The predicted molar refractivity (Wildman–Crippen MR) is 40.9 cm³/mol. The van der Waals surface area contributed by atoms with E-state index in [1.165, 1.54) is 0 Å². The standard InChI is InChI=1S/C7H8F5NO3/c1-13(3-2-4(14)15)5(16)6(8,9)7(10,11)12/h2-3H2,1H3,(H,14,15). The first-order valence-corrected chi connectivity index (χ1v) is 3.92. The van der Waals surface area contributed by atoms with Crippen LogP contribution in [0.15, 0.2) is 0 Å². The third-order valence-electron chi connectivity index (χ3n) is 1.63. The molecule has 0 aliphatic heterocycles. The van der Waals surface area contributed by atoms with Crippen molar-refractivity contribution in [3.8, 4) is 0 Å². The normalized spacial score (nSPS) is 12.4. The van der Waals surface area contributed by atoms with E-state index in [1.54, 1.807) is 0 Å². The van der Waals surface area contributed by atoms with Crippen LogP contribution in [-0.4, -0.2) is 47.6 Å². The molecule has 9 heteroatoms. The van der Waals surface area contributed by atoms with Crippen molar-refractivity contribution < 1.29 is 36.6 Å². The zero-order valence-electron chi connectivity index (χ0n) is 8.01. The molecule has 0 aliphatic carbocycles. The van der Waals surface area contributed by atoms with Crippen molar-refractivity contribution in [2.24, 2.45) is 0 Å². The van der Waals surface area contributed by atoms with Gasteiger partial charge in [-0.25, -0.2) is 0 Å². The molecular weight excluding hydrogens is 241 g/mol. The largest absolute Gasteiger partial charge is 0.481 e. The molecule has 0 aliphatic rings. The number of hydrogen-bond acceptors (Lipinski definition) is 2. The molecule has 0 bridgehead atoms. The second-order valence-electron chi connectivity index (χ2n) is 2.94. The summed E-state index contributed by atoms with van der Waals surface area (Å²) in [6, 6.07) is 0. The molecule has 0 heterocycles. The van der Waals surface area contributed by atoms with Crippen molar-refractivity contribution in [2.75, 3.05) is 13.6 Å². The Hall–Kier alpha value is -1.41. The molecule has 0 unspecified atom stereocenters. The Labute approximate surface area is 86.6 Å². The number of carboxylic acid groups (broad SMARTS) is 1. The van der Waals surface area contributed by atoms with Gasteiger partial charge in [-0.05, 0) is 0 Å². The molecule has 0 aromatic heterocycles. The minimum Gasteiger partial charge on any atom is -0.481 e. The van der Waals surface area contributed by atoms with Crippen LogP contribution in [0.3, 0.4) is 0 Å². The van der Waals surface area contributed by atoms with Crippen molar-refractivity contribution in [2.45, 2.75) is 18.5 Å². The van der Waals surface area contributed by atoms with E-state index in [2.05, 4.69) is 0 Å². The summed E-state index contributed by atoms with van der Waals surface area (Å²) < 4.78 is 60.1. The van der Waals surface area contributed by atoms with Crippen LogP contribution in [0, 0.1) is 0 Å². The Kier molecular flexibility index (Phi) is 4.21. The van der Waals surface area contributed by atoms with Gasteiger partial charge in [0.15, 0.2) is 0 Å². The third-order valence-corrected chi connectivity index (χ3v) is 1.63. The van der Waals surface area contributed by atoms with Crippen molar-refractivity contribution in [1.29, 1.82) is 0 Å². The number of carbonyl (C=O) groups excluding carboxylic acids is 1. The highest BCUT2D eigenvalue weighted by Crippen LogP contribution is 2.36. The van der Waals surface area contributed by atoms with Crippen LogP contribution >= 0.6 is 0 Å². The highest BCUT2D eigenvalue weighted by atomic mass is 19.4. The quantitative estimate of drug-likeness (QED) is 0.759. The van der Waals surface area contributed by atoms with Crippen LogP contribution in [0.4, 0.5) is 22.0 Å². The maximum Gasteiger partial charge on any atom is 0.463 e. The van der Waals surface area contributed by atoms with Gasteiger partial charge >= 0.3 is 24.0 Å². The molecule has 16 heavy (non-hydrogen) atoms. The van der Waals surface area contributed by atoms with Crippen LogP contribution in [0.1, 0.15) is 6.42 Å². The lowest BCUT2D eigenvalue weighted by atomic mass is 10.2. The molecule has 1 N–H and O–H groups in total. The summed E-state index contributed by atoms with van der Waals surface area (Å²) in [5, 5.41) is 8.16. The summed E-state index contributed by atoms with van der Waals surface area (Å²) in [6.07, 6.45) is -6.70.